The minimum atomic E-state index is -1.66. The minimum absolute atomic E-state index is 0.00385. The summed E-state index contributed by atoms with van der Waals surface area (Å²) in [5.41, 5.74) is 6.90. The van der Waals surface area contributed by atoms with Gasteiger partial charge >= 0.3 is 12.1 Å². The number of unbranched alkanes of at least 4 members (excludes halogenated alkanes) is 3. The van der Waals surface area contributed by atoms with Gasteiger partial charge in [0.2, 0.25) is 41.4 Å². The number of carbonyl (C=O) groups excluding carboxylic acids is 8. The van der Waals surface area contributed by atoms with E-state index in [-0.39, 0.29) is 90.6 Å². The third-order valence-electron chi connectivity index (χ3n) is 16.7. The number of nitrogens with zero attached hydrogens (tertiary/aromatic N) is 3. The van der Waals surface area contributed by atoms with Gasteiger partial charge in [0.15, 0.2) is 0 Å². The molecule has 4 heterocycles. The van der Waals surface area contributed by atoms with E-state index in [1.54, 1.807) is 87.2 Å². The second kappa shape index (κ2) is 34.1. The fourth-order valence-corrected chi connectivity index (χ4v) is 11.8. The zero-order valence-electron chi connectivity index (χ0n) is 53.9. The largest absolute Gasteiger partial charge is 0.497 e. The Morgan fingerprint density at radius 2 is 1.68 bits per heavy atom. The van der Waals surface area contributed by atoms with Crippen molar-refractivity contribution in [3.8, 4) is 5.75 Å². The number of halogens is 1. The number of aryl methyl sites for hydroxylation is 1. The van der Waals surface area contributed by atoms with E-state index in [0.29, 0.717) is 59.3 Å². The molecule has 3 aliphatic heterocycles. The number of aromatic nitrogens is 1. The lowest BCUT2D eigenvalue weighted by Gasteiger charge is -2.36. The number of primary amides is 1. The average molecular weight is 1300 g/mol. The van der Waals surface area contributed by atoms with Crippen molar-refractivity contribution in [2.75, 3.05) is 59.9 Å². The first-order chi connectivity index (χ1) is 44.3. The molecule has 4 aromatic rings. The molecule has 1 unspecified atom stereocenters. The van der Waals surface area contributed by atoms with Crippen molar-refractivity contribution in [3.05, 3.63) is 101 Å². The molecule has 8 amide bonds. The summed E-state index contributed by atoms with van der Waals surface area (Å²) in [5, 5.41) is 37.6. The van der Waals surface area contributed by atoms with Gasteiger partial charge in [-0.2, -0.15) is 0 Å². The lowest BCUT2D eigenvalue weighted by molar-refractivity contribution is -0.146. The van der Waals surface area contributed by atoms with Crippen molar-refractivity contribution in [2.24, 2.45) is 5.73 Å². The molecule has 7 rings (SSSR count). The van der Waals surface area contributed by atoms with Crippen LogP contribution in [0.2, 0.25) is 0 Å². The Labute approximate surface area is 540 Å². The van der Waals surface area contributed by atoms with E-state index >= 15 is 4.39 Å². The highest BCUT2D eigenvalue weighted by atomic mass is 19.1. The SMILES string of the molecule is COc1ccc(C[C@H](NC(=O)[C@@H](NC(=O)[C@@H]2[C@@H]3CCN2COC[C@H](Cc2cn(CCCCCCNC(=O)CCOCCC(=O)O)c4ccc(F)cc24)NC(=O)[C@@H](NC(=O)OC(C)(C)C)Cc2cccc(c2)CNC(=O)CO3)[C@@H](C)O)C(=O)N2CCC[C@@]2(C)C(N)=O)cc1. The highest BCUT2D eigenvalue weighted by Gasteiger charge is 2.47. The van der Waals surface area contributed by atoms with Gasteiger partial charge in [-0.1, -0.05) is 49.2 Å². The molecule has 4 bridgehead atoms. The number of fused-ring (bicyclic) bond motifs is 5. The van der Waals surface area contributed by atoms with Crippen LogP contribution >= 0.6 is 0 Å². The summed E-state index contributed by atoms with van der Waals surface area (Å²) in [6.45, 7) is 8.54. The summed E-state index contributed by atoms with van der Waals surface area (Å²) in [4.78, 5) is 125. The number of ether oxygens (including phenoxy) is 5. The van der Waals surface area contributed by atoms with Gasteiger partial charge in [0.1, 0.15) is 53.5 Å². The quantitative estimate of drug-likeness (QED) is 0.0408. The normalized spacial score (nSPS) is 21.5. The maximum Gasteiger partial charge on any atom is 0.408 e. The summed E-state index contributed by atoms with van der Waals surface area (Å²) < 4.78 is 46.1. The second-order valence-electron chi connectivity index (χ2n) is 25.2. The van der Waals surface area contributed by atoms with Crippen LogP contribution in [0.1, 0.15) is 115 Å². The first kappa shape index (κ1) is 72.2. The minimum Gasteiger partial charge on any atom is -0.497 e. The van der Waals surface area contributed by atoms with Crippen molar-refractivity contribution in [1.29, 1.82) is 0 Å². The van der Waals surface area contributed by atoms with Crippen molar-refractivity contribution in [3.63, 3.8) is 0 Å². The summed E-state index contributed by atoms with van der Waals surface area (Å²) >= 11 is 0. The Bertz CT molecular complexity index is 3250. The van der Waals surface area contributed by atoms with Gasteiger partial charge in [-0.3, -0.25) is 43.3 Å². The summed E-state index contributed by atoms with van der Waals surface area (Å²) in [5.74, 6) is -5.26. The molecule has 0 aliphatic carbocycles. The van der Waals surface area contributed by atoms with Crippen molar-refractivity contribution >= 4 is 64.3 Å². The standard InChI is InChI=1S/C66H91FN10O16/c1-41(78)57(60(84)72-51(32-42-15-18-48(89-6)19-16-42)62(86)77-27-12-24-66(77,5)63(68)87)74-61(85)58-53-21-28-76(58)40-91-38-47(71-59(83)50(73-64(88)93-65(2,3)4)33-43-13-11-14-44(31-43)36-70-55(80)39-92-53)34-45-37-75(52-20-17-46(67)35-49(45)52)26-10-8-7-9-25-69-54(79)22-29-90-30-23-56(81)82/h11,13-20,31,35,37,41,47,50-51,53,57-58,78H,7-10,12,21-30,32-34,36,38-40H2,1-6H3,(H2,68,87)(H,69,79)(H,70,80)(H,71,83)(H,72,84)(H,73,88)(H,74,85)(H,81,82)/t41-,47+,50+,51+,53+,57+,58+,66+/m1/s1. The number of hydrogen-bond acceptors (Lipinski definition) is 16. The average Bonchev–Trinajstić information content (AvgIpc) is 1.71. The third kappa shape index (κ3) is 21.4. The fourth-order valence-electron chi connectivity index (χ4n) is 11.8. The van der Waals surface area contributed by atoms with Crippen molar-refractivity contribution in [2.45, 2.75) is 178 Å². The molecule has 0 spiro atoms. The van der Waals surface area contributed by atoms with Crippen LogP contribution < -0.4 is 42.4 Å². The van der Waals surface area contributed by atoms with Gasteiger partial charge < -0.3 is 81.0 Å². The first-order valence-corrected chi connectivity index (χ1v) is 31.7. The van der Waals surface area contributed by atoms with E-state index in [9.17, 15) is 48.3 Å². The topological polar surface area (TPSA) is 350 Å². The predicted octanol–water partition coefficient (Wildman–Crippen LogP) is 3.03. The van der Waals surface area contributed by atoms with Gasteiger partial charge in [-0.05, 0) is 126 Å². The molecule has 0 radical (unpaired) electrons. The number of carboxylic acids is 1. The zero-order valence-corrected chi connectivity index (χ0v) is 53.9. The highest BCUT2D eigenvalue weighted by Crippen LogP contribution is 2.31. The molecule has 508 valence electrons. The van der Waals surface area contributed by atoms with E-state index in [0.717, 1.165) is 31.2 Å². The number of aliphatic hydroxyl groups excluding tert-OH is 1. The van der Waals surface area contributed by atoms with Gasteiger partial charge in [0.05, 0.1) is 58.3 Å². The maximum atomic E-state index is 15.3. The number of methoxy groups -OCH3 is 1. The molecule has 3 aromatic carbocycles. The predicted molar refractivity (Wildman–Crippen MR) is 338 cm³/mol. The van der Waals surface area contributed by atoms with E-state index < -0.39 is 113 Å². The number of hydrogen-bond donors (Lipinski definition) is 9. The lowest BCUT2D eigenvalue weighted by Crippen LogP contribution is -2.63. The molecule has 2 saturated heterocycles. The Kier molecular flexibility index (Phi) is 26.4. The molecular formula is C66H91FN10O16. The first-order valence-electron chi connectivity index (χ1n) is 31.7. The number of benzene rings is 3. The van der Waals surface area contributed by atoms with Crippen LogP contribution in [0.15, 0.2) is 72.9 Å². The van der Waals surface area contributed by atoms with Gasteiger partial charge in [0.25, 0.3) is 0 Å². The van der Waals surface area contributed by atoms with Crippen LogP contribution in [0.25, 0.3) is 10.9 Å². The van der Waals surface area contributed by atoms with E-state index in [1.165, 1.54) is 31.1 Å². The second-order valence-corrected chi connectivity index (χ2v) is 25.2. The van der Waals surface area contributed by atoms with Gasteiger partial charge in [0, 0.05) is 69.1 Å². The fraction of sp³-hybridized carbons (Fsp3) is 0.561. The molecular weight excluding hydrogens is 1210 g/mol. The Morgan fingerprint density at radius 1 is 0.935 bits per heavy atom. The number of aliphatic hydroxyl groups is 1. The number of nitrogens with two attached hydrogens (primary N) is 1. The number of rotatable bonds is 26. The molecule has 9 atom stereocenters. The molecule has 10 N–H and O–H groups in total. The smallest absolute Gasteiger partial charge is 0.408 e. The van der Waals surface area contributed by atoms with Crippen LogP contribution in [0, 0.1) is 5.82 Å². The monoisotopic (exact) mass is 1300 g/mol. The highest BCUT2D eigenvalue weighted by molar-refractivity contribution is 5.97. The number of amides is 8. The number of nitrogens with one attached hydrogen (secondary N) is 6. The third-order valence-corrected chi connectivity index (χ3v) is 16.7. The van der Waals surface area contributed by atoms with Gasteiger partial charge in [-0.25, -0.2) is 9.18 Å². The molecule has 3 aliphatic rings. The van der Waals surface area contributed by atoms with Gasteiger partial charge in [-0.15, -0.1) is 0 Å². The molecule has 93 heavy (non-hydrogen) atoms. The number of carbonyl (C=O) groups is 9. The number of carboxylic acid groups (broad SMARTS) is 1. The molecule has 2 fully saturated rings. The Morgan fingerprint density at radius 3 is 2.40 bits per heavy atom. The summed E-state index contributed by atoms with van der Waals surface area (Å²) in [6.07, 6.45) is 2.59. The summed E-state index contributed by atoms with van der Waals surface area (Å²) in [7, 11) is 1.50. The van der Waals surface area contributed by atoms with Crippen LogP contribution in [-0.2, 0) is 89.7 Å². The van der Waals surface area contributed by atoms with E-state index in [2.05, 4.69) is 31.9 Å². The zero-order chi connectivity index (χ0) is 67.4. The number of alkyl carbamates (subject to hydrolysis) is 1. The molecule has 0 saturated carbocycles. The van der Waals surface area contributed by atoms with E-state index in [1.807, 2.05) is 10.8 Å². The van der Waals surface area contributed by atoms with Crippen LogP contribution in [0.5, 0.6) is 5.75 Å². The molecule has 26 nitrogen and oxygen atoms in total. The van der Waals surface area contributed by atoms with E-state index in [4.69, 9.17) is 34.5 Å². The number of likely N-dealkylation sites (tertiary alicyclic amines) is 1. The molecule has 27 heteroatoms. The number of aliphatic carboxylic acids is 1. The van der Waals surface area contributed by atoms with Crippen LogP contribution in [0.4, 0.5) is 9.18 Å². The Hall–Kier alpha value is -8.24. The van der Waals surface area contributed by atoms with Crippen molar-refractivity contribution < 1.29 is 81.4 Å². The Balaban J connectivity index is 1.13. The summed E-state index contributed by atoms with van der Waals surface area (Å²) in [6, 6.07) is 12.1. The lowest BCUT2D eigenvalue weighted by atomic mass is 9.96. The van der Waals surface area contributed by atoms with Crippen LogP contribution in [-0.4, -0.2) is 191 Å². The maximum absolute atomic E-state index is 15.3. The molecule has 1 aromatic heterocycles. The van der Waals surface area contributed by atoms with Crippen LogP contribution in [0.3, 0.4) is 0 Å². The van der Waals surface area contributed by atoms with Crippen molar-refractivity contribution in [1.82, 2.24) is 46.3 Å².